The molecule has 0 aromatic heterocycles. The summed E-state index contributed by atoms with van der Waals surface area (Å²) in [5.74, 6) is 0.462. The SMILES string of the molecule is CC/C=C(\C(F)=NC)c1ccc(C2=NN=C(N3CCNCC3)CC(CC)=C2)c(O)c1. The predicted molar refractivity (Wildman–Crippen MR) is 122 cm³/mol. The Morgan fingerprint density at radius 3 is 2.67 bits per heavy atom. The smallest absolute Gasteiger partial charge is 0.215 e. The van der Waals surface area contributed by atoms with Crippen LogP contribution in [0.15, 0.2) is 51.1 Å². The fourth-order valence-corrected chi connectivity index (χ4v) is 3.64. The summed E-state index contributed by atoms with van der Waals surface area (Å²) in [6, 6.07) is 5.12. The van der Waals surface area contributed by atoms with Crippen LogP contribution in [0.1, 0.15) is 44.2 Å². The lowest BCUT2D eigenvalue weighted by atomic mass is 9.98. The number of rotatable bonds is 5. The van der Waals surface area contributed by atoms with E-state index < -0.39 is 5.97 Å². The van der Waals surface area contributed by atoms with Gasteiger partial charge in [0.2, 0.25) is 5.97 Å². The van der Waals surface area contributed by atoms with Crippen LogP contribution < -0.4 is 5.32 Å². The maximum atomic E-state index is 14.2. The molecule has 6 nitrogen and oxygen atoms in total. The second-order valence-electron chi connectivity index (χ2n) is 7.34. The lowest BCUT2D eigenvalue weighted by Gasteiger charge is -2.29. The maximum Gasteiger partial charge on any atom is 0.215 e. The van der Waals surface area contributed by atoms with E-state index in [0.717, 1.165) is 44.9 Å². The highest BCUT2D eigenvalue weighted by Crippen LogP contribution is 2.28. The van der Waals surface area contributed by atoms with E-state index >= 15 is 0 Å². The first-order valence-corrected chi connectivity index (χ1v) is 10.5. The van der Waals surface area contributed by atoms with Gasteiger partial charge in [-0.1, -0.05) is 31.6 Å². The second kappa shape index (κ2) is 10.3. The first-order chi connectivity index (χ1) is 14.6. The third-order valence-electron chi connectivity index (χ3n) is 5.35. The molecule has 2 aliphatic rings. The number of allylic oxidation sites excluding steroid dienone is 3. The monoisotopic (exact) mass is 411 g/mol. The molecule has 0 bridgehead atoms. The van der Waals surface area contributed by atoms with Crippen molar-refractivity contribution in [2.24, 2.45) is 15.2 Å². The predicted octanol–water partition coefficient (Wildman–Crippen LogP) is 3.93. The minimum atomic E-state index is -0.547. The molecule has 2 N–H and O–H groups in total. The number of piperazine rings is 1. The van der Waals surface area contributed by atoms with Gasteiger partial charge in [-0.05, 0) is 36.6 Å². The number of amidine groups is 1. The zero-order valence-electron chi connectivity index (χ0n) is 18.0. The topological polar surface area (TPSA) is 72.6 Å². The number of benzene rings is 1. The summed E-state index contributed by atoms with van der Waals surface area (Å²) in [5.41, 5.74) is 3.38. The van der Waals surface area contributed by atoms with Gasteiger partial charge in [0.1, 0.15) is 11.6 Å². The van der Waals surface area contributed by atoms with Gasteiger partial charge < -0.3 is 15.3 Å². The van der Waals surface area contributed by atoms with Gasteiger partial charge in [-0.3, -0.25) is 4.99 Å². The highest BCUT2D eigenvalue weighted by Gasteiger charge is 2.20. The number of phenolic OH excluding ortho intramolecular Hbond substituents is 1. The highest BCUT2D eigenvalue weighted by atomic mass is 19.1. The third kappa shape index (κ3) is 5.02. The minimum Gasteiger partial charge on any atom is -0.507 e. The summed E-state index contributed by atoms with van der Waals surface area (Å²) in [6.07, 6.45) is 6.07. The van der Waals surface area contributed by atoms with Crippen molar-refractivity contribution in [2.45, 2.75) is 33.1 Å². The fraction of sp³-hybridized carbons (Fsp3) is 0.435. The maximum absolute atomic E-state index is 14.2. The van der Waals surface area contributed by atoms with Crippen molar-refractivity contribution in [1.82, 2.24) is 10.2 Å². The number of phenols is 1. The average Bonchev–Trinajstić information content (AvgIpc) is 3.00. The molecule has 1 aromatic carbocycles. The van der Waals surface area contributed by atoms with Gasteiger partial charge in [0.15, 0.2) is 0 Å². The standard InChI is InChI=1S/C23H30FN5O/c1-4-6-18(23(24)25-3)17-7-8-19(21(30)15-17)20-13-16(5-2)14-22(28-27-20)29-11-9-26-10-12-29/h6-8,13,15,26,30H,4-5,9-12,14H2,1-3H3/b18-6-,25-23?. The van der Waals surface area contributed by atoms with E-state index in [1.807, 2.05) is 13.0 Å². The molecule has 160 valence electrons. The summed E-state index contributed by atoms with van der Waals surface area (Å²) in [6.45, 7) is 7.75. The van der Waals surface area contributed by atoms with E-state index in [2.05, 4.69) is 32.3 Å². The number of nitrogens with zero attached hydrogens (tertiary/aromatic N) is 4. The molecule has 0 aliphatic carbocycles. The van der Waals surface area contributed by atoms with Gasteiger partial charge in [0.25, 0.3) is 0 Å². The summed E-state index contributed by atoms with van der Waals surface area (Å²) in [4.78, 5) is 5.92. The van der Waals surface area contributed by atoms with Crippen molar-refractivity contribution in [2.75, 3.05) is 33.2 Å². The van der Waals surface area contributed by atoms with E-state index in [9.17, 15) is 9.50 Å². The van der Waals surface area contributed by atoms with Crippen molar-refractivity contribution in [3.05, 3.63) is 47.1 Å². The van der Waals surface area contributed by atoms with Crippen molar-refractivity contribution >= 4 is 23.1 Å². The summed E-state index contributed by atoms with van der Waals surface area (Å²) < 4.78 is 14.2. The average molecular weight is 412 g/mol. The molecular weight excluding hydrogens is 381 g/mol. The van der Waals surface area contributed by atoms with E-state index in [1.54, 1.807) is 24.3 Å². The van der Waals surface area contributed by atoms with Crippen LogP contribution in [0.4, 0.5) is 4.39 Å². The molecule has 30 heavy (non-hydrogen) atoms. The first-order valence-electron chi connectivity index (χ1n) is 10.5. The zero-order valence-corrected chi connectivity index (χ0v) is 18.0. The lowest BCUT2D eigenvalue weighted by molar-refractivity contribution is 0.352. The molecule has 1 aromatic rings. The van der Waals surface area contributed by atoms with Gasteiger partial charge in [-0.25, -0.2) is 0 Å². The Hall–Kier alpha value is -2.80. The van der Waals surface area contributed by atoms with Gasteiger partial charge >= 0.3 is 0 Å². The van der Waals surface area contributed by atoms with Gasteiger partial charge in [0, 0.05) is 50.8 Å². The van der Waals surface area contributed by atoms with Crippen LogP contribution in [0.5, 0.6) is 5.75 Å². The van der Waals surface area contributed by atoms with E-state index in [0.29, 0.717) is 28.8 Å². The summed E-state index contributed by atoms with van der Waals surface area (Å²) in [7, 11) is 1.42. The molecule has 2 aliphatic heterocycles. The molecule has 0 saturated carbocycles. The van der Waals surface area contributed by atoms with Crippen LogP contribution in [0.3, 0.4) is 0 Å². The van der Waals surface area contributed by atoms with Crippen molar-refractivity contribution in [3.63, 3.8) is 0 Å². The first kappa shape index (κ1) is 21.9. The van der Waals surface area contributed by atoms with Crippen molar-refractivity contribution in [1.29, 1.82) is 0 Å². The Labute approximate surface area is 177 Å². The molecule has 0 radical (unpaired) electrons. The van der Waals surface area contributed by atoms with Crippen LogP contribution in [0, 0.1) is 0 Å². The molecule has 0 amide bonds. The van der Waals surface area contributed by atoms with Crippen LogP contribution in [0.25, 0.3) is 5.57 Å². The Bertz CT molecular complexity index is 924. The summed E-state index contributed by atoms with van der Waals surface area (Å²) >= 11 is 0. The Morgan fingerprint density at radius 1 is 1.27 bits per heavy atom. The Morgan fingerprint density at radius 2 is 2.03 bits per heavy atom. The molecule has 2 heterocycles. The molecule has 7 heteroatoms. The fourth-order valence-electron chi connectivity index (χ4n) is 3.64. The molecule has 1 fully saturated rings. The molecule has 0 atom stereocenters. The van der Waals surface area contributed by atoms with Crippen LogP contribution >= 0.6 is 0 Å². The zero-order chi connectivity index (χ0) is 21.5. The number of nitrogens with one attached hydrogen (secondary N) is 1. The van der Waals surface area contributed by atoms with E-state index in [1.165, 1.54) is 12.6 Å². The number of hydrogen-bond acceptors (Lipinski definition) is 6. The Kier molecular flexibility index (Phi) is 7.52. The second-order valence-corrected chi connectivity index (χ2v) is 7.34. The molecular formula is C23H30FN5O. The molecule has 1 saturated heterocycles. The largest absolute Gasteiger partial charge is 0.507 e. The van der Waals surface area contributed by atoms with Crippen molar-refractivity contribution in [3.8, 4) is 5.75 Å². The third-order valence-corrected chi connectivity index (χ3v) is 5.35. The van der Waals surface area contributed by atoms with Gasteiger partial charge in [0.05, 0.1) is 5.71 Å². The van der Waals surface area contributed by atoms with Crippen molar-refractivity contribution < 1.29 is 9.50 Å². The number of aromatic hydroxyl groups is 1. The van der Waals surface area contributed by atoms with Gasteiger partial charge in [-0.2, -0.15) is 4.39 Å². The van der Waals surface area contributed by atoms with E-state index in [-0.39, 0.29) is 5.75 Å². The minimum absolute atomic E-state index is 0.0460. The summed E-state index contributed by atoms with van der Waals surface area (Å²) in [5, 5.41) is 23.1. The number of hydrogen-bond donors (Lipinski definition) is 2. The van der Waals surface area contributed by atoms with Crippen LogP contribution in [0.2, 0.25) is 0 Å². The normalized spacial score (nSPS) is 18.5. The lowest BCUT2D eigenvalue weighted by Crippen LogP contribution is -2.46. The number of halogens is 1. The van der Waals surface area contributed by atoms with Crippen LogP contribution in [-0.4, -0.2) is 60.7 Å². The quantitative estimate of drug-likeness (QED) is 0.721. The van der Waals surface area contributed by atoms with E-state index in [4.69, 9.17) is 0 Å². The Balaban J connectivity index is 1.96. The molecule has 0 spiro atoms. The van der Waals surface area contributed by atoms with Gasteiger partial charge in [-0.15, -0.1) is 10.2 Å². The highest BCUT2D eigenvalue weighted by molar-refractivity contribution is 6.19. The number of aliphatic imine (C=N–C) groups is 1. The van der Waals surface area contributed by atoms with Crippen LogP contribution in [-0.2, 0) is 0 Å². The molecule has 3 rings (SSSR count). The molecule has 0 unspecified atom stereocenters.